The zero-order valence-electron chi connectivity index (χ0n) is 107. The Labute approximate surface area is 1250 Å². The van der Waals surface area contributed by atoms with Crippen LogP contribution in [-0.2, 0) is 27.9 Å². The fourth-order valence-electron chi connectivity index (χ4n) is 11.0. The first-order chi connectivity index (χ1) is 64.5. The minimum absolute atomic E-state index is 0. The minimum atomic E-state index is -2.92. The Morgan fingerprint density at radius 1 is 0.303 bits per heavy atom. The van der Waals surface area contributed by atoms with Gasteiger partial charge in [-0.05, 0) is 152 Å². The standard InChI is InChI=1S/C12H24B2O4.C7H15BO2.6C4H8.12C4H9.6C2H6.CH5BO2.CH3BO2.4CH3I.3CH4.BO3.ClH.5Rb.4Sn/c1-9(2)10(3,4)16-13(15-9)14-17-11(5,6)12(7,8)18-14;1-6(2)7(3,4)10-8(5)9-6;6*1-4-2-3-4;12*1-3-4-2;6*1-2;2*1-2(3)4;4*1-2;;;;2-1(3)4;;;;;;;;;;/h1-8H3;1-5H3;6*4H,2-3H2,1H3;12*1,3-4H2,2H3;6*1-2H3;3-4H,1H3;1H3;4*1H3;3*1H4;;1H;;;;;;;;;/q;;;;;;;;;;;;;;;;;;;;;;;;;;;-2;;;;;;;;-3;;5*+1;;;-1;+1/p-1. The second kappa shape index (κ2) is 163. The summed E-state index contributed by atoms with van der Waals surface area (Å²) in [5.41, 5.74) is -1.76. The summed E-state index contributed by atoms with van der Waals surface area (Å²) in [5, 5.41) is 58.4. The molecule has 0 aromatic heterocycles. The Bertz CT molecular complexity index is 1830. The van der Waals surface area contributed by atoms with E-state index in [1.807, 2.05) is 165 Å². The minimum Gasteiger partial charge on any atom is -0.907 e. The number of rotatable bonds is 37. The molecular weight excluding hydrogens is 3060 g/mol. The van der Waals surface area contributed by atoms with Crippen LogP contribution in [0.1, 0.15) is 544 Å². The normalized spacial score (nSPS) is 15.4. The molecule has 0 bridgehead atoms. The average Bonchev–Trinajstić information content (AvgIpc) is 1.59. The van der Waals surface area contributed by atoms with Crippen LogP contribution < -0.4 is 316 Å². The van der Waals surface area contributed by atoms with E-state index in [0.29, 0.717) is 0 Å². The molecule has 0 atom stereocenters. The molecule has 33 heteroatoms. The van der Waals surface area contributed by atoms with E-state index in [2.05, 4.69) is 243 Å². The summed E-state index contributed by atoms with van der Waals surface area (Å²) in [6.07, 6.45) is 52.5. The molecule has 864 valence electrons. The summed E-state index contributed by atoms with van der Waals surface area (Å²) in [4.78, 5) is 7.88. The number of halogens is 5. The number of unbranched alkanes of at least 4 members (excludes halogenated alkanes) is 12. The molecule has 0 spiro atoms. The van der Waals surface area contributed by atoms with Crippen molar-refractivity contribution in [2.24, 2.45) is 35.5 Å². The van der Waals surface area contributed by atoms with Gasteiger partial charge in [0.25, 0.3) is 0 Å². The Kier molecular flexibility index (Phi) is 247. The zero-order valence-corrected chi connectivity index (χ0v) is 153. The fraction of sp³-hybridized carbons (Fsp3) is 1.00. The van der Waals surface area contributed by atoms with Gasteiger partial charge in [-0.25, -0.2) is 0 Å². The summed E-state index contributed by atoms with van der Waals surface area (Å²) in [5.74, 6) is 6.50. The van der Waals surface area contributed by atoms with Gasteiger partial charge in [0.15, 0.2) is 0 Å². The van der Waals surface area contributed by atoms with Gasteiger partial charge in [-0.2, -0.15) is 0 Å². The maximum atomic E-state index is 8.97. The van der Waals surface area contributed by atoms with Crippen molar-refractivity contribution in [2.45, 2.75) is 652 Å². The molecule has 9 aliphatic rings. The van der Waals surface area contributed by atoms with Crippen LogP contribution in [0.2, 0.25) is 73.7 Å². The van der Waals surface area contributed by atoms with Gasteiger partial charge in [0, 0.05) is 0 Å². The van der Waals surface area contributed by atoms with Crippen LogP contribution in [0.15, 0.2) is 0 Å². The smallest absolute Gasteiger partial charge is 0.907 e. The summed E-state index contributed by atoms with van der Waals surface area (Å²) < 4.78 is 54.3. The molecule has 145 heavy (non-hydrogen) atoms. The van der Waals surface area contributed by atoms with E-state index in [-0.39, 0.29) is 354 Å². The molecule has 6 saturated carbocycles. The molecular formula is C112H263B6ClI4O13Rb5Sn4-. The molecule has 0 aromatic carbocycles. The molecule has 3 heterocycles. The van der Waals surface area contributed by atoms with E-state index in [0.717, 1.165) is 42.3 Å². The predicted molar refractivity (Wildman–Crippen MR) is 691 cm³/mol. The Morgan fingerprint density at radius 2 is 0.414 bits per heavy atom. The SMILES string of the molecule is C.C.C.CB(O)O.CB([O-])[O-].CB1OC(C)(C)C(C)(C)O1.CC.CC.CC.CC.CC.CC.CC1(C)OB(B2OC(C)(C)C(C)(C)O2)OC1(C)C.CC1CC1.CC1CC1.CC1CC1.CC1CC1.CC1CC1.CC1CC1.CCC[CH2][Sn-]([CH2]CCC)[CH2]CCC.CCC[CH2][Sn]([CH2]CCC)[CH2]CCC.CCC[CH2][Sn]([CH2]CCC)[CH2]CCC.CCC[CH2][Sn]([Cl])([CH2]CCC)[CH2]CCC.CI.CI.CI.CI.[O-]B([O-])[O-].[Rb+].[Rb+].[Rb+].[Rb+].[Rb+]. The van der Waals surface area contributed by atoms with Crippen molar-refractivity contribution in [2.75, 3.05) is 19.7 Å². The van der Waals surface area contributed by atoms with Gasteiger partial charge in [0.2, 0.25) is 0 Å². The summed E-state index contributed by atoms with van der Waals surface area (Å²) in [6.45, 7) is 94.2. The first-order valence-corrected chi connectivity index (χ1v) is 93.4. The fourth-order valence-corrected chi connectivity index (χ4v) is 52.6. The van der Waals surface area contributed by atoms with Crippen molar-refractivity contribution in [1.29, 1.82) is 0 Å². The number of hydrogen-bond acceptors (Lipinski definition) is 13. The maximum absolute atomic E-state index is 8.97. The second-order valence-electron chi connectivity index (χ2n) is 39.3. The third kappa shape index (κ3) is 187. The van der Waals surface area contributed by atoms with E-state index in [4.69, 9.17) is 72.0 Å². The van der Waals surface area contributed by atoms with Crippen LogP contribution in [0, 0.1) is 35.5 Å². The van der Waals surface area contributed by atoms with Gasteiger partial charge in [-0.1, -0.05) is 314 Å². The zero-order chi connectivity index (χ0) is 111. The van der Waals surface area contributed by atoms with Gasteiger partial charge in [0.1, 0.15) is 0 Å². The molecule has 9 rings (SSSR count). The van der Waals surface area contributed by atoms with Crippen molar-refractivity contribution in [3.05, 3.63) is 0 Å². The van der Waals surface area contributed by atoms with Crippen molar-refractivity contribution >= 4 is 219 Å². The van der Waals surface area contributed by atoms with Crippen molar-refractivity contribution in [3.63, 3.8) is 0 Å². The molecule has 0 unspecified atom stereocenters. The molecule has 6 aliphatic carbocycles. The van der Waals surface area contributed by atoms with E-state index in [1.165, 1.54) is 251 Å². The van der Waals surface area contributed by atoms with Gasteiger partial charge >= 0.3 is 695 Å². The van der Waals surface area contributed by atoms with Crippen molar-refractivity contribution < 1.29 is 354 Å². The van der Waals surface area contributed by atoms with Gasteiger partial charge < -0.3 is 63.1 Å². The Morgan fingerprint density at radius 3 is 0.503 bits per heavy atom. The Hall–Kier alpha value is 15.3. The first-order valence-electron chi connectivity index (χ1n) is 56.9. The van der Waals surface area contributed by atoms with E-state index < -0.39 is 112 Å². The Balaban J connectivity index is -0.0000000495. The maximum Gasteiger partial charge on any atom is 1.00 e. The summed E-state index contributed by atoms with van der Waals surface area (Å²) in [7, 11) is 0.119. The molecule has 2 N–H and O–H groups in total. The van der Waals surface area contributed by atoms with Gasteiger partial charge in [-0.15, -0.1) is 13.9 Å². The third-order valence-electron chi connectivity index (χ3n) is 23.2. The summed E-state index contributed by atoms with van der Waals surface area (Å²) in [6, 6.07) is 0. The quantitative estimate of drug-likeness (QED) is 0.0337. The molecule has 0 amide bonds. The number of hydrogen-bond donors (Lipinski definition) is 2. The molecule has 9 fully saturated rings. The third-order valence-corrected chi connectivity index (χ3v) is 65.0. The largest absolute Gasteiger partial charge is 1.00 e. The van der Waals surface area contributed by atoms with Crippen LogP contribution in [-0.4, -0.2) is 183 Å². The topological polar surface area (TPSA) is 211 Å². The summed E-state index contributed by atoms with van der Waals surface area (Å²) >= 11 is 3.99. The molecule has 2 radical (unpaired) electrons. The van der Waals surface area contributed by atoms with Crippen LogP contribution in [0.3, 0.4) is 0 Å². The van der Waals surface area contributed by atoms with Crippen LogP contribution in [0.4, 0.5) is 0 Å². The van der Waals surface area contributed by atoms with E-state index in [9.17, 15) is 0 Å². The van der Waals surface area contributed by atoms with Crippen molar-refractivity contribution in [3.8, 4) is 0 Å². The molecule has 3 saturated heterocycles. The first kappa shape index (κ1) is 219. The monoisotopic (exact) mass is 3330 g/mol. The molecule has 3 aliphatic heterocycles. The van der Waals surface area contributed by atoms with Crippen LogP contribution >= 0.6 is 99.3 Å². The molecule has 13 nitrogen and oxygen atoms in total. The van der Waals surface area contributed by atoms with Crippen LogP contribution in [0.25, 0.3) is 0 Å². The van der Waals surface area contributed by atoms with Crippen LogP contribution in [0.5, 0.6) is 0 Å². The number of alkyl halides is 4. The van der Waals surface area contributed by atoms with Gasteiger partial charge in [-0.3, -0.25) is 7.32 Å². The molecule has 0 aromatic rings. The predicted octanol–water partition coefficient (Wildman–Crippen LogP) is 22.9. The second-order valence-corrected chi connectivity index (χ2v) is 81.2. The average molecular weight is 3330 g/mol. The van der Waals surface area contributed by atoms with Crippen molar-refractivity contribution in [1.82, 2.24) is 0 Å². The van der Waals surface area contributed by atoms with Gasteiger partial charge in [0.05, 0.1) is 33.6 Å². The van der Waals surface area contributed by atoms with E-state index in [1.54, 1.807) is 39.9 Å². The van der Waals surface area contributed by atoms with E-state index >= 15 is 0 Å².